The van der Waals surface area contributed by atoms with Gasteiger partial charge in [-0.1, -0.05) is 0 Å². The molecule has 1 aromatic carbocycles. The second kappa shape index (κ2) is 5.73. The molecule has 0 saturated carbocycles. The van der Waals surface area contributed by atoms with Crippen molar-refractivity contribution >= 4 is 11.8 Å². The second-order valence-electron chi connectivity index (χ2n) is 4.53. The Labute approximate surface area is 111 Å². The average molecular weight is 263 g/mol. The van der Waals surface area contributed by atoms with E-state index in [2.05, 4.69) is 5.32 Å². The van der Waals surface area contributed by atoms with Gasteiger partial charge in [0.1, 0.15) is 11.5 Å². The average Bonchev–Trinajstić information content (AvgIpc) is 2.41. The molecule has 1 aromatic rings. The van der Waals surface area contributed by atoms with Gasteiger partial charge in [-0.05, 0) is 36.6 Å². The molecule has 1 atom stereocenters. The fourth-order valence-corrected chi connectivity index (χ4v) is 2.24. The summed E-state index contributed by atoms with van der Waals surface area (Å²) in [6, 6.07) is 5.50. The summed E-state index contributed by atoms with van der Waals surface area (Å²) in [6.07, 6.45) is 1.51. The highest BCUT2D eigenvalue weighted by Crippen LogP contribution is 2.28. The number of nitrogens with one attached hydrogen (secondary N) is 1. The molecule has 0 radical (unpaired) electrons. The molecule has 1 unspecified atom stereocenters. The maximum absolute atomic E-state index is 11.8. The fourth-order valence-electron chi connectivity index (χ4n) is 2.24. The summed E-state index contributed by atoms with van der Waals surface area (Å²) in [6.45, 7) is 0. The van der Waals surface area contributed by atoms with Gasteiger partial charge in [-0.2, -0.15) is 0 Å². The highest BCUT2D eigenvalue weighted by Gasteiger charge is 2.27. The molecule has 1 aliphatic heterocycles. The maximum Gasteiger partial charge on any atom is 0.230 e. The van der Waals surface area contributed by atoms with Crippen molar-refractivity contribution < 1.29 is 19.1 Å². The van der Waals surface area contributed by atoms with Gasteiger partial charge < -0.3 is 9.47 Å². The van der Waals surface area contributed by atoms with Crippen LogP contribution in [0.2, 0.25) is 0 Å². The van der Waals surface area contributed by atoms with Crippen LogP contribution in [0.4, 0.5) is 0 Å². The topological polar surface area (TPSA) is 64.6 Å². The van der Waals surface area contributed by atoms with Crippen molar-refractivity contribution in [3.8, 4) is 11.5 Å². The zero-order chi connectivity index (χ0) is 13.8. The smallest absolute Gasteiger partial charge is 0.230 e. The Balaban J connectivity index is 2.17. The van der Waals surface area contributed by atoms with E-state index in [1.807, 2.05) is 18.2 Å². The van der Waals surface area contributed by atoms with E-state index < -0.39 is 0 Å². The molecule has 1 saturated heterocycles. The van der Waals surface area contributed by atoms with Crippen molar-refractivity contribution in [1.82, 2.24) is 5.32 Å². The van der Waals surface area contributed by atoms with Gasteiger partial charge in [0.2, 0.25) is 11.8 Å². The van der Waals surface area contributed by atoms with Gasteiger partial charge in [0.05, 0.1) is 14.2 Å². The largest absolute Gasteiger partial charge is 0.497 e. The van der Waals surface area contributed by atoms with E-state index >= 15 is 0 Å². The lowest BCUT2D eigenvalue weighted by molar-refractivity contribution is -0.136. The first-order valence-electron chi connectivity index (χ1n) is 6.18. The molecule has 0 bridgehead atoms. The first-order valence-corrected chi connectivity index (χ1v) is 6.18. The lowest BCUT2D eigenvalue weighted by Crippen LogP contribution is -2.41. The molecule has 5 heteroatoms. The molecule has 0 aliphatic carbocycles. The molecule has 19 heavy (non-hydrogen) atoms. The molecule has 1 fully saturated rings. The molecule has 1 N–H and O–H groups in total. The van der Waals surface area contributed by atoms with E-state index in [0.29, 0.717) is 19.3 Å². The van der Waals surface area contributed by atoms with E-state index in [9.17, 15) is 9.59 Å². The number of benzene rings is 1. The van der Waals surface area contributed by atoms with Gasteiger partial charge in [-0.15, -0.1) is 0 Å². The molecule has 5 nitrogen and oxygen atoms in total. The Morgan fingerprint density at radius 3 is 2.68 bits per heavy atom. The minimum atomic E-state index is -0.207. The summed E-state index contributed by atoms with van der Waals surface area (Å²) in [7, 11) is 3.19. The van der Waals surface area contributed by atoms with Crippen molar-refractivity contribution in [3.05, 3.63) is 23.8 Å². The van der Waals surface area contributed by atoms with Gasteiger partial charge in [0.25, 0.3) is 0 Å². The summed E-state index contributed by atoms with van der Waals surface area (Å²) < 4.78 is 10.5. The molecule has 102 valence electrons. The Bertz CT molecular complexity index is 498. The van der Waals surface area contributed by atoms with E-state index in [4.69, 9.17) is 9.47 Å². The predicted octanol–water partition coefficient (Wildman–Crippen LogP) is 1.30. The summed E-state index contributed by atoms with van der Waals surface area (Å²) in [5.41, 5.74) is 0.913. The highest BCUT2D eigenvalue weighted by atomic mass is 16.5. The Hall–Kier alpha value is -2.04. The quantitative estimate of drug-likeness (QED) is 0.832. The van der Waals surface area contributed by atoms with Crippen LogP contribution < -0.4 is 14.8 Å². The molecule has 0 spiro atoms. The van der Waals surface area contributed by atoms with Crippen molar-refractivity contribution in [1.29, 1.82) is 0 Å². The standard InChI is InChI=1S/C14H17NO4/c1-18-11-4-5-12(19-2)10(8-11)7-9-3-6-13(16)15-14(9)17/h4-5,8-9H,3,6-7H2,1-2H3,(H,15,16,17). The Kier molecular flexibility index (Phi) is 4.04. The number of carbonyl (C=O) groups excluding carboxylic acids is 2. The molecule has 1 aliphatic rings. The van der Waals surface area contributed by atoms with Gasteiger partial charge in [0, 0.05) is 12.3 Å². The third-order valence-corrected chi connectivity index (χ3v) is 3.31. The fraction of sp³-hybridized carbons (Fsp3) is 0.429. The number of piperidine rings is 1. The molecular weight excluding hydrogens is 246 g/mol. The van der Waals surface area contributed by atoms with Gasteiger partial charge in [-0.3, -0.25) is 14.9 Å². The summed E-state index contributed by atoms with van der Waals surface area (Å²) in [5.74, 6) is 0.854. The zero-order valence-corrected chi connectivity index (χ0v) is 11.1. The number of imide groups is 1. The van der Waals surface area contributed by atoms with Crippen LogP contribution in [0.1, 0.15) is 18.4 Å². The molecule has 2 amide bonds. The normalized spacial score (nSPS) is 18.9. The Morgan fingerprint density at radius 2 is 2.05 bits per heavy atom. The molecule has 2 rings (SSSR count). The van der Waals surface area contributed by atoms with Gasteiger partial charge in [-0.25, -0.2) is 0 Å². The van der Waals surface area contributed by atoms with Crippen LogP contribution in [0, 0.1) is 5.92 Å². The summed E-state index contributed by atoms with van der Waals surface area (Å²) >= 11 is 0. The van der Waals surface area contributed by atoms with E-state index in [1.165, 1.54) is 0 Å². The number of carbonyl (C=O) groups is 2. The number of rotatable bonds is 4. The zero-order valence-electron chi connectivity index (χ0n) is 11.1. The molecule has 0 aromatic heterocycles. The summed E-state index contributed by atoms with van der Waals surface area (Å²) in [5, 5.41) is 2.37. The SMILES string of the molecule is COc1ccc(OC)c(CC2CCC(=O)NC2=O)c1. The van der Waals surface area contributed by atoms with Crippen molar-refractivity contribution in [3.63, 3.8) is 0 Å². The number of ether oxygens (including phenoxy) is 2. The van der Waals surface area contributed by atoms with E-state index in [-0.39, 0.29) is 17.7 Å². The van der Waals surface area contributed by atoms with Gasteiger partial charge >= 0.3 is 0 Å². The number of hydrogen-bond acceptors (Lipinski definition) is 4. The number of hydrogen-bond donors (Lipinski definition) is 1. The number of amides is 2. The van der Waals surface area contributed by atoms with Gasteiger partial charge in [0.15, 0.2) is 0 Å². The van der Waals surface area contributed by atoms with Crippen LogP contribution in [0.25, 0.3) is 0 Å². The first-order chi connectivity index (χ1) is 9.13. The third-order valence-electron chi connectivity index (χ3n) is 3.31. The van der Waals surface area contributed by atoms with Crippen LogP contribution in [-0.2, 0) is 16.0 Å². The van der Waals surface area contributed by atoms with Crippen molar-refractivity contribution in [2.45, 2.75) is 19.3 Å². The minimum absolute atomic E-state index is 0.196. The van der Waals surface area contributed by atoms with Crippen LogP contribution in [0.5, 0.6) is 11.5 Å². The van der Waals surface area contributed by atoms with Crippen molar-refractivity contribution in [2.75, 3.05) is 14.2 Å². The van der Waals surface area contributed by atoms with Crippen molar-refractivity contribution in [2.24, 2.45) is 5.92 Å². The van der Waals surface area contributed by atoms with Crippen LogP contribution >= 0.6 is 0 Å². The van der Waals surface area contributed by atoms with Crippen LogP contribution in [-0.4, -0.2) is 26.0 Å². The molecular formula is C14H17NO4. The van der Waals surface area contributed by atoms with Crippen LogP contribution in [0.3, 0.4) is 0 Å². The van der Waals surface area contributed by atoms with E-state index in [1.54, 1.807) is 14.2 Å². The highest BCUT2D eigenvalue weighted by molar-refractivity contribution is 5.98. The lowest BCUT2D eigenvalue weighted by Gasteiger charge is -2.21. The minimum Gasteiger partial charge on any atom is -0.497 e. The van der Waals surface area contributed by atoms with Crippen LogP contribution in [0.15, 0.2) is 18.2 Å². The summed E-state index contributed by atoms with van der Waals surface area (Å²) in [4.78, 5) is 22.9. The lowest BCUT2D eigenvalue weighted by atomic mass is 9.91. The Morgan fingerprint density at radius 1 is 1.26 bits per heavy atom. The van der Waals surface area contributed by atoms with E-state index in [0.717, 1.165) is 17.1 Å². The molecule has 1 heterocycles. The third kappa shape index (κ3) is 3.05. The maximum atomic E-state index is 11.8. The monoisotopic (exact) mass is 263 g/mol. The second-order valence-corrected chi connectivity index (χ2v) is 4.53. The number of methoxy groups -OCH3 is 2. The first kappa shape index (κ1) is 13.4. The predicted molar refractivity (Wildman–Crippen MR) is 69.1 cm³/mol.